The van der Waals surface area contributed by atoms with Gasteiger partial charge in [-0.05, 0) is 43.3 Å². The zero-order valence-electron chi connectivity index (χ0n) is 15.9. The number of amides is 1. The minimum Gasteiger partial charge on any atom is -0.497 e. The number of anilines is 1. The van der Waals surface area contributed by atoms with Crippen LogP contribution in [0.25, 0.3) is 5.69 Å². The molecule has 0 radical (unpaired) electrons. The second-order valence-corrected chi connectivity index (χ2v) is 5.90. The van der Waals surface area contributed by atoms with E-state index in [0.717, 1.165) is 10.7 Å². The van der Waals surface area contributed by atoms with Crippen molar-refractivity contribution in [1.82, 2.24) is 9.78 Å². The molecule has 148 valence electrons. The Morgan fingerprint density at radius 2 is 1.76 bits per heavy atom. The van der Waals surface area contributed by atoms with Gasteiger partial charge < -0.3 is 14.8 Å². The Labute approximate surface area is 166 Å². The van der Waals surface area contributed by atoms with Crippen molar-refractivity contribution >= 4 is 17.6 Å². The van der Waals surface area contributed by atoms with Gasteiger partial charge in [0.05, 0.1) is 25.1 Å². The lowest BCUT2D eigenvalue weighted by Gasteiger charge is -2.12. The molecule has 3 aromatic rings. The maximum Gasteiger partial charge on any atom is 0.360 e. The van der Waals surface area contributed by atoms with Crippen molar-refractivity contribution in [3.8, 4) is 11.4 Å². The van der Waals surface area contributed by atoms with Gasteiger partial charge in [0, 0.05) is 11.6 Å². The molecule has 1 N–H and O–H groups in total. The third-order valence-electron chi connectivity index (χ3n) is 4.00. The predicted molar refractivity (Wildman–Crippen MR) is 107 cm³/mol. The lowest BCUT2D eigenvalue weighted by Crippen LogP contribution is -2.27. The number of esters is 1. The van der Waals surface area contributed by atoms with Crippen LogP contribution in [-0.4, -0.2) is 35.4 Å². The van der Waals surface area contributed by atoms with Crippen LogP contribution in [0.4, 0.5) is 5.69 Å². The molecule has 0 spiro atoms. The fourth-order valence-electron chi connectivity index (χ4n) is 2.59. The molecule has 1 heterocycles. The number of carbonyl (C=O) groups is 2. The number of hydrogen-bond donors (Lipinski definition) is 1. The summed E-state index contributed by atoms with van der Waals surface area (Å²) in [5.41, 5.74) is 0.108. The van der Waals surface area contributed by atoms with Crippen molar-refractivity contribution in [3.63, 3.8) is 0 Å². The van der Waals surface area contributed by atoms with Crippen LogP contribution in [0.15, 0.2) is 65.5 Å². The second-order valence-electron chi connectivity index (χ2n) is 5.90. The van der Waals surface area contributed by atoms with Crippen molar-refractivity contribution in [2.24, 2.45) is 0 Å². The maximum absolute atomic E-state index is 12.6. The molecule has 1 aromatic heterocycles. The van der Waals surface area contributed by atoms with Crippen molar-refractivity contribution in [2.45, 2.75) is 6.92 Å². The number of methoxy groups -OCH3 is 1. The molecule has 0 unspecified atom stereocenters. The molecule has 0 fully saturated rings. The minimum absolute atomic E-state index is 0.0264. The molecule has 1 amide bonds. The van der Waals surface area contributed by atoms with E-state index < -0.39 is 17.4 Å². The van der Waals surface area contributed by atoms with E-state index in [1.54, 1.807) is 61.5 Å². The quantitative estimate of drug-likeness (QED) is 0.647. The predicted octanol–water partition coefficient (Wildman–Crippen LogP) is 2.67. The number of nitrogens with zero attached hydrogens (tertiary/aromatic N) is 2. The molecule has 3 rings (SSSR count). The lowest BCUT2D eigenvalue weighted by molar-refractivity contribution is 0.0518. The molecule has 0 aliphatic heterocycles. The normalized spacial score (nSPS) is 10.3. The molecule has 0 atom stereocenters. The molecular weight excluding hydrogens is 374 g/mol. The molecule has 0 bridgehead atoms. The number of carbonyl (C=O) groups excluding carboxylic acids is 2. The van der Waals surface area contributed by atoms with Crippen LogP contribution < -0.4 is 15.6 Å². The molecule has 8 nitrogen and oxygen atoms in total. The Balaban J connectivity index is 2.00. The first-order valence-electron chi connectivity index (χ1n) is 8.85. The van der Waals surface area contributed by atoms with Crippen LogP contribution in [0.5, 0.6) is 5.75 Å². The molecule has 2 aromatic carbocycles. The van der Waals surface area contributed by atoms with Crippen molar-refractivity contribution in [1.29, 1.82) is 0 Å². The average molecular weight is 393 g/mol. The van der Waals surface area contributed by atoms with E-state index in [4.69, 9.17) is 9.47 Å². The van der Waals surface area contributed by atoms with E-state index in [2.05, 4.69) is 10.4 Å². The van der Waals surface area contributed by atoms with Crippen LogP contribution in [0.2, 0.25) is 0 Å². The third-order valence-corrected chi connectivity index (χ3v) is 4.00. The second kappa shape index (κ2) is 8.83. The lowest BCUT2D eigenvalue weighted by atomic mass is 10.2. The number of nitrogens with one attached hydrogen (secondary N) is 1. The van der Waals surface area contributed by atoms with Crippen molar-refractivity contribution in [3.05, 3.63) is 82.3 Å². The smallest absolute Gasteiger partial charge is 0.360 e. The van der Waals surface area contributed by atoms with E-state index in [1.165, 1.54) is 7.11 Å². The molecule has 0 saturated heterocycles. The van der Waals surface area contributed by atoms with Gasteiger partial charge in [0.15, 0.2) is 5.69 Å². The first-order valence-corrected chi connectivity index (χ1v) is 8.85. The monoisotopic (exact) mass is 393 g/mol. The van der Waals surface area contributed by atoms with Gasteiger partial charge in [-0.2, -0.15) is 9.78 Å². The Bertz CT molecular complexity index is 1080. The highest BCUT2D eigenvalue weighted by atomic mass is 16.5. The molecular formula is C21H19N3O5. The van der Waals surface area contributed by atoms with Gasteiger partial charge >= 0.3 is 5.97 Å². The maximum atomic E-state index is 12.6. The fraction of sp³-hybridized carbons (Fsp3) is 0.143. The Morgan fingerprint density at radius 1 is 1.07 bits per heavy atom. The first kappa shape index (κ1) is 19.8. The van der Waals surface area contributed by atoms with Gasteiger partial charge in [0.2, 0.25) is 0 Å². The molecule has 0 aliphatic rings. The van der Waals surface area contributed by atoms with E-state index in [0.29, 0.717) is 17.0 Å². The van der Waals surface area contributed by atoms with Crippen LogP contribution in [0.1, 0.15) is 27.8 Å². The molecule has 29 heavy (non-hydrogen) atoms. The molecule has 8 heteroatoms. The third kappa shape index (κ3) is 4.49. The first-order chi connectivity index (χ1) is 14.0. The summed E-state index contributed by atoms with van der Waals surface area (Å²) in [7, 11) is 1.52. The zero-order valence-corrected chi connectivity index (χ0v) is 15.9. The largest absolute Gasteiger partial charge is 0.497 e. The number of rotatable bonds is 6. The summed E-state index contributed by atoms with van der Waals surface area (Å²) in [6, 6.07) is 16.2. The Hall–Kier alpha value is -3.94. The summed E-state index contributed by atoms with van der Waals surface area (Å²) >= 11 is 0. The summed E-state index contributed by atoms with van der Waals surface area (Å²) < 4.78 is 11.2. The zero-order chi connectivity index (χ0) is 20.8. The van der Waals surface area contributed by atoms with Crippen LogP contribution in [0.3, 0.4) is 0 Å². The minimum atomic E-state index is -0.748. The van der Waals surface area contributed by atoms with Gasteiger partial charge in [-0.25, -0.2) is 4.79 Å². The molecule has 0 aliphatic carbocycles. The van der Waals surface area contributed by atoms with Gasteiger partial charge in [-0.3, -0.25) is 9.59 Å². The van der Waals surface area contributed by atoms with Crippen LogP contribution in [-0.2, 0) is 4.74 Å². The summed E-state index contributed by atoms with van der Waals surface area (Å²) in [6.45, 7) is 1.78. The van der Waals surface area contributed by atoms with Gasteiger partial charge in [0.25, 0.3) is 11.5 Å². The number of hydrogen-bond acceptors (Lipinski definition) is 6. The van der Waals surface area contributed by atoms with E-state index in [-0.39, 0.29) is 18.0 Å². The van der Waals surface area contributed by atoms with E-state index in [1.807, 2.05) is 0 Å². The Morgan fingerprint density at radius 3 is 2.38 bits per heavy atom. The SMILES string of the molecule is CCOC(=O)c1nn(-c2ccccc2)c(=O)cc1NC(=O)c1ccc(OC)cc1. The average Bonchev–Trinajstić information content (AvgIpc) is 2.74. The summed E-state index contributed by atoms with van der Waals surface area (Å²) in [5.74, 6) is -0.653. The van der Waals surface area contributed by atoms with Gasteiger partial charge in [-0.15, -0.1) is 0 Å². The van der Waals surface area contributed by atoms with Crippen LogP contribution in [0, 0.1) is 0 Å². The molecule has 0 saturated carbocycles. The fourth-order valence-corrected chi connectivity index (χ4v) is 2.59. The summed E-state index contributed by atoms with van der Waals surface area (Å²) in [5, 5.41) is 6.70. The van der Waals surface area contributed by atoms with Gasteiger partial charge in [-0.1, -0.05) is 18.2 Å². The number of benzene rings is 2. The highest BCUT2D eigenvalue weighted by Crippen LogP contribution is 2.17. The van der Waals surface area contributed by atoms with Crippen LogP contribution >= 0.6 is 0 Å². The summed E-state index contributed by atoms with van der Waals surface area (Å²) in [4.78, 5) is 37.5. The van der Waals surface area contributed by atoms with E-state index in [9.17, 15) is 14.4 Å². The highest BCUT2D eigenvalue weighted by Gasteiger charge is 2.20. The number of para-hydroxylation sites is 1. The van der Waals surface area contributed by atoms with Crippen molar-refractivity contribution < 1.29 is 19.1 Å². The summed E-state index contributed by atoms with van der Waals surface area (Å²) in [6.07, 6.45) is 0. The standard InChI is InChI=1S/C21H19N3O5/c1-3-29-21(27)19-17(22-20(26)14-9-11-16(28-2)12-10-14)13-18(25)24(23-19)15-7-5-4-6-8-15/h4-13H,3H2,1-2H3,(H,22,26). The topological polar surface area (TPSA) is 99.5 Å². The van der Waals surface area contributed by atoms with Crippen molar-refractivity contribution in [2.75, 3.05) is 19.0 Å². The Kier molecular flexibility index (Phi) is 6.03. The van der Waals surface area contributed by atoms with E-state index >= 15 is 0 Å². The van der Waals surface area contributed by atoms with Gasteiger partial charge in [0.1, 0.15) is 5.75 Å². The number of ether oxygens (including phenoxy) is 2. The number of aromatic nitrogens is 2. The highest BCUT2D eigenvalue weighted by molar-refractivity contribution is 6.07.